The Kier molecular flexibility index (Phi) is 4.45. The van der Waals surface area contributed by atoms with Crippen LogP contribution in [0, 0.1) is 0 Å². The number of carbonyl (C=O) groups excluding carboxylic acids is 1. The molecule has 0 spiro atoms. The number of nitrogens with two attached hydrogens (primary N) is 1. The summed E-state index contributed by atoms with van der Waals surface area (Å²) in [4.78, 5) is 12.3. The van der Waals surface area contributed by atoms with Crippen LogP contribution >= 0.6 is 15.9 Å². The molecule has 0 radical (unpaired) electrons. The van der Waals surface area contributed by atoms with Crippen molar-refractivity contribution >= 4 is 33.2 Å². The molecule has 0 saturated carbocycles. The molecular formula is C16H17BrN2O. The number of carbonyl (C=O) groups is 1. The fraction of sp³-hybridized carbons (Fsp3) is 0.188. The number of hydrogen-bond donors (Lipinski definition) is 2. The maximum atomic E-state index is 12.3. The monoisotopic (exact) mass is 332 g/mol. The summed E-state index contributed by atoms with van der Waals surface area (Å²) in [6.45, 7) is 4.24. The van der Waals surface area contributed by atoms with Crippen molar-refractivity contribution in [3.63, 3.8) is 0 Å². The van der Waals surface area contributed by atoms with E-state index < -0.39 is 0 Å². The Bertz CT molecular complexity index is 638. The van der Waals surface area contributed by atoms with E-state index in [-0.39, 0.29) is 5.91 Å². The topological polar surface area (TPSA) is 55.1 Å². The SMILES string of the molecule is CC(C)c1cccc(NC(=O)c2cc(N)ccc2Br)c1. The summed E-state index contributed by atoms with van der Waals surface area (Å²) in [6.07, 6.45) is 0. The first-order chi connectivity index (χ1) is 9.47. The van der Waals surface area contributed by atoms with Crippen molar-refractivity contribution in [2.75, 3.05) is 11.1 Å². The van der Waals surface area contributed by atoms with Gasteiger partial charge in [0.1, 0.15) is 0 Å². The van der Waals surface area contributed by atoms with E-state index in [1.807, 2.05) is 18.2 Å². The van der Waals surface area contributed by atoms with Crippen molar-refractivity contribution < 1.29 is 4.79 Å². The Hall–Kier alpha value is -1.81. The molecule has 2 aromatic rings. The third-order valence-corrected chi connectivity index (χ3v) is 3.74. The first-order valence-corrected chi connectivity index (χ1v) is 7.23. The van der Waals surface area contributed by atoms with E-state index in [4.69, 9.17) is 5.73 Å². The molecule has 0 bridgehead atoms. The highest BCUT2D eigenvalue weighted by Crippen LogP contribution is 2.22. The molecule has 0 aliphatic carbocycles. The zero-order valence-corrected chi connectivity index (χ0v) is 13.1. The molecule has 3 N–H and O–H groups in total. The van der Waals surface area contributed by atoms with Crippen LogP contribution < -0.4 is 11.1 Å². The Labute approximate surface area is 127 Å². The summed E-state index contributed by atoms with van der Waals surface area (Å²) in [7, 11) is 0. The van der Waals surface area contributed by atoms with Crippen LogP contribution in [-0.2, 0) is 0 Å². The third-order valence-electron chi connectivity index (χ3n) is 3.05. The van der Waals surface area contributed by atoms with Gasteiger partial charge in [0, 0.05) is 15.8 Å². The van der Waals surface area contributed by atoms with Crippen molar-refractivity contribution in [2.24, 2.45) is 0 Å². The lowest BCUT2D eigenvalue weighted by molar-refractivity contribution is 0.102. The zero-order valence-electron chi connectivity index (χ0n) is 11.5. The smallest absolute Gasteiger partial charge is 0.256 e. The standard InChI is InChI=1S/C16H17BrN2O/c1-10(2)11-4-3-5-13(8-11)19-16(20)14-9-12(18)6-7-15(14)17/h3-10H,18H2,1-2H3,(H,19,20). The first kappa shape index (κ1) is 14.6. The number of halogens is 1. The van der Waals surface area contributed by atoms with Gasteiger partial charge in [-0.2, -0.15) is 0 Å². The molecule has 0 unspecified atom stereocenters. The molecule has 0 saturated heterocycles. The van der Waals surface area contributed by atoms with Gasteiger partial charge in [0.05, 0.1) is 5.56 Å². The van der Waals surface area contributed by atoms with Crippen molar-refractivity contribution in [2.45, 2.75) is 19.8 Å². The number of nitrogen functional groups attached to an aromatic ring is 1. The summed E-state index contributed by atoms with van der Waals surface area (Å²) >= 11 is 3.37. The Balaban J connectivity index is 2.23. The van der Waals surface area contributed by atoms with Crippen LogP contribution in [-0.4, -0.2) is 5.91 Å². The first-order valence-electron chi connectivity index (χ1n) is 6.43. The van der Waals surface area contributed by atoms with E-state index in [9.17, 15) is 4.79 Å². The molecule has 0 heterocycles. The van der Waals surface area contributed by atoms with Crippen LogP contribution in [0.15, 0.2) is 46.9 Å². The average Bonchev–Trinajstić information content (AvgIpc) is 2.41. The third kappa shape index (κ3) is 3.39. The summed E-state index contributed by atoms with van der Waals surface area (Å²) in [6, 6.07) is 13.0. The number of anilines is 2. The van der Waals surface area contributed by atoms with Gasteiger partial charge in [-0.25, -0.2) is 0 Å². The summed E-state index contributed by atoms with van der Waals surface area (Å²) < 4.78 is 0.726. The second kappa shape index (κ2) is 6.09. The molecule has 1 amide bonds. The highest BCUT2D eigenvalue weighted by Gasteiger charge is 2.11. The predicted octanol–water partition coefficient (Wildman–Crippen LogP) is 4.41. The molecular weight excluding hydrogens is 316 g/mol. The van der Waals surface area contributed by atoms with Gasteiger partial charge in [0.15, 0.2) is 0 Å². The minimum Gasteiger partial charge on any atom is -0.399 e. The molecule has 20 heavy (non-hydrogen) atoms. The lowest BCUT2D eigenvalue weighted by atomic mass is 10.0. The lowest BCUT2D eigenvalue weighted by Crippen LogP contribution is -2.13. The van der Waals surface area contributed by atoms with Crippen LogP contribution in [0.5, 0.6) is 0 Å². The van der Waals surface area contributed by atoms with E-state index in [0.29, 0.717) is 17.2 Å². The predicted molar refractivity (Wildman–Crippen MR) is 87.0 cm³/mol. The normalized spacial score (nSPS) is 10.6. The molecule has 0 aliphatic rings. The number of amides is 1. The van der Waals surface area contributed by atoms with E-state index in [1.54, 1.807) is 18.2 Å². The molecule has 2 aromatic carbocycles. The van der Waals surface area contributed by atoms with E-state index in [1.165, 1.54) is 5.56 Å². The highest BCUT2D eigenvalue weighted by atomic mass is 79.9. The fourth-order valence-electron chi connectivity index (χ4n) is 1.89. The minimum atomic E-state index is -0.176. The fourth-order valence-corrected chi connectivity index (χ4v) is 2.32. The molecule has 0 aliphatic heterocycles. The Morgan fingerprint density at radius 1 is 1.20 bits per heavy atom. The van der Waals surface area contributed by atoms with Crippen LogP contribution in [0.25, 0.3) is 0 Å². The molecule has 4 heteroatoms. The number of hydrogen-bond acceptors (Lipinski definition) is 2. The number of nitrogens with one attached hydrogen (secondary N) is 1. The van der Waals surface area contributed by atoms with E-state index in [2.05, 4.69) is 41.2 Å². The molecule has 104 valence electrons. The second-order valence-electron chi connectivity index (χ2n) is 4.97. The van der Waals surface area contributed by atoms with E-state index in [0.717, 1.165) is 10.2 Å². The molecule has 0 atom stereocenters. The van der Waals surface area contributed by atoms with Crippen LogP contribution in [0.3, 0.4) is 0 Å². The molecule has 0 aromatic heterocycles. The largest absolute Gasteiger partial charge is 0.399 e. The van der Waals surface area contributed by atoms with Crippen molar-refractivity contribution in [3.8, 4) is 0 Å². The van der Waals surface area contributed by atoms with Crippen molar-refractivity contribution in [3.05, 3.63) is 58.1 Å². The van der Waals surface area contributed by atoms with Gasteiger partial charge < -0.3 is 11.1 Å². The minimum absolute atomic E-state index is 0.176. The number of benzene rings is 2. The molecule has 0 fully saturated rings. The summed E-state index contributed by atoms with van der Waals surface area (Å²) in [5, 5.41) is 2.90. The van der Waals surface area contributed by atoms with Gasteiger partial charge in [-0.15, -0.1) is 0 Å². The molecule has 3 nitrogen and oxygen atoms in total. The quantitative estimate of drug-likeness (QED) is 0.818. The van der Waals surface area contributed by atoms with Crippen molar-refractivity contribution in [1.82, 2.24) is 0 Å². The zero-order chi connectivity index (χ0) is 14.7. The average molecular weight is 333 g/mol. The molecule has 2 rings (SSSR count). The summed E-state index contributed by atoms with van der Waals surface area (Å²) in [5.74, 6) is 0.246. The van der Waals surface area contributed by atoms with Gasteiger partial charge >= 0.3 is 0 Å². The summed E-state index contributed by atoms with van der Waals surface area (Å²) in [5.41, 5.74) is 8.79. The van der Waals surface area contributed by atoms with E-state index >= 15 is 0 Å². The van der Waals surface area contributed by atoms with Crippen LogP contribution in [0.4, 0.5) is 11.4 Å². The second-order valence-corrected chi connectivity index (χ2v) is 5.83. The van der Waals surface area contributed by atoms with Gasteiger partial charge in [0.2, 0.25) is 0 Å². The van der Waals surface area contributed by atoms with Gasteiger partial charge in [0.25, 0.3) is 5.91 Å². The van der Waals surface area contributed by atoms with Crippen LogP contribution in [0.1, 0.15) is 35.7 Å². The lowest BCUT2D eigenvalue weighted by Gasteiger charge is -2.10. The number of rotatable bonds is 3. The Morgan fingerprint density at radius 2 is 1.95 bits per heavy atom. The van der Waals surface area contributed by atoms with Gasteiger partial charge in [-0.3, -0.25) is 4.79 Å². The maximum absolute atomic E-state index is 12.3. The maximum Gasteiger partial charge on any atom is 0.256 e. The van der Waals surface area contributed by atoms with Crippen molar-refractivity contribution in [1.29, 1.82) is 0 Å². The highest BCUT2D eigenvalue weighted by molar-refractivity contribution is 9.10. The Morgan fingerprint density at radius 3 is 2.65 bits per heavy atom. The van der Waals surface area contributed by atoms with Gasteiger partial charge in [-0.05, 0) is 57.7 Å². The van der Waals surface area contributed by atoms with Crippen LogP contribution in [0.2, 0.25) is 0 Å². The van der Waals surface area contributed by atoms with Gasteiger partial charge in [-0.1, -0.05) is 26.0 Å².